The molecule has 1 N–H and O–H groups in total. The number of hydrogen-bond donors (Lipinski definition) is 1. The van der Waals surface area contributed by atoms with Gasteiger partial charge in [0, 0.05) is 0 Å². The number of aliphatic hydroxyl groups is 1. The van der Waals surface area contributed by atoms with E-state index < -0.39 is 0 Å². The Morgan fingerprint density at radius 2 is 2.30 bits per heavy atom. The minimum Gasteiger partial charge on any atom is -0.394 e. The average molecular weight is 145 g/mol. The van der Waals surface area contributed by atoms with Crippen LogP contribution in [-0.2, 0) is 4.74 Å². The smallest absolute Gasteiger partial charge is 0.0701 e. The van der Waals surface area contributed by atoms with Crippen LogP contribution in [0.1, 0.15) is 26.2 Å². The maximum absolute atomic E-state index is 8.39. The highest BCUT2D eigenvalue weighted by molar-refractivity contribution is 4.58. The summed E-state index contributed by atoms with van der Waals surface area (Å²) in [5.74, 6) is 0. The van der Waals surface area contributed by atoms with E-state index in [4.69, 9.17) is 9.84 Å². The maximum atomic E-state index is 8.39. The first-order valence-corrected chi connectivity index (χ1v) is 3.86. The zero-order chi connectivity index (χ0) is 7.82. The van der Waals surface area contributed by atoms with Crippen molar-refractivity contribution in [2.24, 2.45) is 0 Å². The molecule has 0 spiro atoms. The van der Waals surface area contributed by atoms with Gasteiger partial charge in [0.2, 0.25) is 0 Å². The highest BCUT2D eigenvalue weighted by Gasteiger charge is 1.99. The van der Waals surface area contributed by atoms with E-state index in [0.717, 1.165) is 12.8 Å². The van der Waals surface area contributed by atoms with E-state index in [1.807, 2.05) is 0 Å². The fraction of sp³-hybridized carbons (Fsp3) is 0.875. The molecule has 0 aromatic carbocycles. The quantitative estimate of drug-likeness (QED) is 0.612. The second-order valence-corrected chi connectivity index (χ2v) is 2.36. The van der Waals surface area contributed by atoms with Crippen molar-refractivity contribution in [3.05, 3.63) is 6.92 Å². The van der Waals surface area contributed by atoms with Crippen molar-refractivity contribution in [2.45, 2.75) is 32.3 Å². The molecule has 0 bridgehead atoms. The molecule has 0 aliphatic heterocycles. The molecular weight excluding hydrogens is 128 g/mol. The van der Waals surface area contributed by atoms with Gasteiger partial charge in [-0.05, 0) is 13.3 Å². The van der Waals surface area contributed by atoms with Crippen LogP contribution in [0.3, 0.4) is 0 Å². The second-order valence-electron chi connectivity index (χ2n) is 2.36. The number of aliphatic hydroxyl groups excluding tert-OH is 1. The van der Waals surface area contributed by atoms with E-state index in [2.05, 4.69) is 13.8 Å². The summed E-state index contributed by atoms with van der Waals surface area (Å²) in [5, 5.41) is 8.39. The van der Waals surface area contributed by atoms with Crippen LogP contribution in [0, 0.1) is 6.92 Å². The van der Waals surface area contributed by atoms with Crippen molar-refractivity contribution >= 4 is 0 Å². The molecule has 0 saturated carbocycles. The molecule has 0 aliphatic carbocycles. The standard InChI is InChI=1S/C8H17O2/c1-3-4-5-8(2)10-7-6-9/h8-9H,2-7H2,1H3. The lowest BCUT2D eigenvalue weighted by Crippen LogP contribution is -2.11. The Kier molecular flexibility index (Phi) is 6.98. The molecule has 0 rings (SSSR count). The number of ether oxygens (including phenoxy) is 1. The highest BCUT2D eigenvalue weighted by atomic mass is 16.5. The van der Waals surface area contributed by atoms with Gasteiger partial charge in [0.25, 0.3) is 0 Å². The lowest BCUT2D eigenvalue weighted by Gasteiger charge is -2.10. The third-order valence-electron chi connectivity index (χ3n) is 1.32. The van der Waals surface area contributed by atoms with Crippen molar-refractivity contribution in [1.82, 2.24) is 0 Å². The Morgan fingerprint density at radius 1 is 1.60 bits per heavy atom. The van der Waals surface area contributed by atoms with Gasteiger partial charge in [-0.25, -0.2) is 0 Å². The Morgan fingerprint density at radius 3 is 2.80 bits per heavy atom. The first-order valence-electron chi connectivity index (χ1n) is 3.86. The Hall–Kier alpha value is -0.0800. The van der Waals surface area contributed by atoms with Crippen molar-refractivity contribution in [1.29, 1.82) is 0 Å². The van der Waals surface area contributed by atoms with Crippen LogP contribution in [0.25, 0.3) is 0 Å². The molecule has 1 atom stereocenters. The lowest BCUT2D eigenvalue weighted by molar-refractivity contribution is 0.0477. The van der Waals surface area contributed by atoms with Crippen LogP contribution >= 0.6 is 0 Å². The van der Waals surface area contributed by atoms with Crippen molar-refractivity contribution in [2.75, 3.05) is 13.2 Å². The molecule has 0 amide bonds. The van der Waals surface area contributed by atoms with E-state index in [1.54, 1.807) is 0 Å². The first-order chi connectivity index (χ1) is 4.81. The van der Waals surface area contributed by atoms with Crippen LogP contribution in [0.2, 0.25) is 0 Å². The van der Waals surface area contributed by atoms with Gasteiger partial charge >= 0.3 is 0 Å². The van der Waals surface area contributed by atoms with Gasteiger partial charge in [-0.3, -0.25) is 0 Å². The molecule has 1 radical (unpaired) electrons. The summed E-state index contributed by atoms with van der Waals surface area (Å²) < 4.78 is 5.13. The van der Waals surface area contributed by atoms with Crippen molar-refractivity contribution in [3.63, 3.8) is 0 Å². The molecule has 0 heterocycles. The summed E-state index contributed by atoms with van der Waals surface area (Å²) >= 11 is 0. The van der Waals surface area contributed by atoms with Crippen LogP contribution < -0.4 is 0 Å². The number of unbranched alkanes of at least 4 members (excludes halogenated alkanes) is 1. The zero-order valence-corrected chi connectivity index (χ0v) is 6.68. The van der Waals surface area contributed by atoms with Crippen LogP contribution in [0.4, 0.5) is 0 Å². The SMILES string of the molecule is [CH2]C(CCCC)OCCO. The first kappa shape index (κ1) is 9.92. The summed E-state index contributed by atoms with van der Waals surface area (Å²) in [4.78, 5) is 0. The van der Waals surface area contributed by atoms with E-state index in [9.17, 15) is 0 Å². The maximum Gasteiger partial charge on any atom is 0.0701 e. The molecule has 0 aromatic heterocycles. The predicted octanol–water partition coefficient (Wildman–Crippen LogP) is 1.39. The van der Waals surface area contributed by atoms with Crippen molar-refractivity contribution in [3.8, 4) is 0 Å². The largest absolute Gasteiger partial charge is 0.394 e. The third kappa shape index (κ3) is 6.05. The van der Waals surface area contributed by atoms with Crippen LogP contribution in [0.5, 0.6) is 0 Å². The normalized spacial score (nSPS) is 13.5. The van der Waals surface area contributed by atoms with E-state index in [-0.39, 0.29) is 12.7 Å². The minimum atomic E-state index is 0.0621. The van der Waals surface area contributed by atoms with Gasteiger partial charge in [-0.2, -0.15) is 0 Å². The summed E-state index contributed by atoms with van der Waals surface area (Å²) in [5.41, 5.74) is 0. The third-order valence-corrected chi connectivity index (χ3v) is 1.32. The van der Waals surface area contributed by atoms with Gasteiger partial charge in [0.05, 0.1) is 19.3 Å². The molecule has 10 heavy (non-hydrogen) atoms. The fourth-order valence-electron chi connectivity index (χ4n) is 0.734. The molecule has 2 heteroatoms. The number of rotatable bonds is 6. The summed E-state index contributed by atoms with van der Waals surface area (Å²) in [6, 6.07) is 0. The molecular formula is C8H17O2. The van der Waals surface area contributed by atoms with E-state index in [0.29, 0.717) is 6.61 Å². The summed E-state index contributed by atoms with van der Waals surface area (Å²) in [6.07, 6.45) is 3.39. The van der Waals surface area contributed by atoms with Crippen LogP contribution in [-0.4, -0.2) is 24.4 Å². The molecule has 61 valence electrons. The topological polar surface area (TPSA) is 29.5 Å². The van der Waals surface area contributed by atoms with Gasteiger partial charge in [0.1, 0.15) is 0 Å². The van der Waals surface area contributed by atoms with Crippen LogP contribution in [0.15, 0.2) is 0 Å². The minimum absolute atomic E-state index is 0.0621. The fourth-order valence-corrected chi connectivity index (χ4v) is 0.734. The van der Waals surface area contributed by atoms with E-state index >= 15 is 0 Å². The Labute approximate surface area is 63.2 Å². The van der Waals surface area contributed by atoms with Gasteiger partial charge in [-0.1, -0.05) is 19.8 Å². The Balaban J connectivity index is 3.00. The molecule has 0 saturated heterocycles. The van der Waals surface area contributed by atoms with Gasteiger partial charge in [-0.15, -0.1) is 0 Å². The highest BCUT2D eigenvalue weighted by Crippen LogP contribution is 2.02. The molecule has 0 aromatic rings. The molecule has 1 unspecified atom stereocenters. The average Bonchev–Trinajstić information content (AvgIpc) is 1.97. The number of hydrogen-bond acceptors (Lipinski definition) is 2. The molecule has 2 nitrogen and oxygen atoms in total. The predicted molar refractivity (Wildman–Crippen MR) is 41.7 cm³/mol. The van der Waals surface area contributed by atoms with Gasteiger partial charge < -0.3 is 9.84 Å². The van der Waals surface area contributed by atoms with Gasteiger partial charge in [0.15, 0.2) is 0 Å². The Bertz CT molecular complexity index is 56.3. The molecule has 0 aliphatic rings. The monoisotopic (exact) mass is 145 g/mol. The zero-order valence-electron chi connectivity index (χ0n) is 6.68. The summed E-state index contributed by atoms with van der Waals surface area (Å²) in [6.45, 7) is 6.43. The second kappa shape index (κ2) is 7.03. The molecule has 0 fully saturated rings. The van der Waals surface area contributed by atoms with Crippen molar-refractivity contribution < 1.29 is 9.84 Å². The van der Waals surface area contributed by atoms with E-state index in [1.165, 1.54) is 6.42 Å². The summed E-state index contributed by atoms with van der Waals surface area (Å²) in [7, 11) is 0. The lowest BCUT2D eigenvalue weighted by atomic mass is 10.2.